The third-order valence-corrected chi connectivity index (χ3v) is 8.87. The van der Waals surface area contributed by atoms with Crippen LogP contribution in [0.4, 0.5) is 13.2 Å². The van der Waals surface area contributed by atoms with Crippen LogP contribution in [0.3, 0.4) is 0 Å². The first-order valence-electron chi connectivity index (χ1n) is 15.3. The Hall–Kier alpha value is -6.08. The van der Waals surface area contributed by atoms with E-state index in [0.717, 1.165) is 61.7 Å². The van der Waals surface area contributed by atoms with E-state index in [0.29, 0.717) is 11.0 Å². The number of aromatic nitrogens is 4. The minimum atomic E-state index is -4.53. The van der Waals surface area contributed by atoms with Crippen molar-refractivity contribution in [2.45, 2.75) is 6.18 Å². The quantitative estimate of drug-likeness (QED) is 0.193. The molecule has 0 aliphatic carbocycles. The summed E-state index contributed by atoms with van der Waals surface area (Å²) < 4.78 is 49.5. The highest BCUT2D eigenvalue weighted by atomic mass is 19.4. The van der Waals surface area contributed by atoms with Crippen molar-refractivity contribution in [1.29, 1.82) is 0 Å². The van der Waals surface area contributed by atoms with Gasteiger partial charge in [-0.15, -0.1) is 0 Å². The highest BCUT2D eigenvalue weighted by molar-refractivity contribution is 6.18. The van der Waals surface area contributed by atoms with Crippen LogP contribution in [0.2, 0.25) is 0 Å². The molecule has 226 valence electrons. The molecule has 0 N–H and O–H groups in total. The first-order chi connectivity index (χ1) is 23.0. The lowest BCUT2D eigenvalue weighted by molar-refractivity contribution is -0.137. The molecule has 0 bridgehead atoms. The molecule has 3 aromatic heterocycles. The summed E-state index contributed by atoms with van der Waals surface area (Å²) in [6, 6.07) is 47.8. The van der Waals surface area contributed by atoms with Gasteiger partial charge in [0.2, 0.25) is 0 Å². The smallest absolute Gasteiger partial charge is 0.309 e. The van der Waals surface area contributed by atoms with E-state index in [9.17, 15) is 13.2 Å². The number of rotatable bonds is 4. The van der Waals surface area contributed by atoms with Gasteiger partial charge in [0.05, 0.1) is 27.8 Å². The lowest BCUT2D eigenvalue weighted by Crippen LogP contribution is -2.10. The summed E-state index contributed by atoms with van der Waals surface area (Å²) in [7, 11) is 0. The minimum Gasteiger partial charge on any atom is -0.309 e. The van der Waals surface area contributed by atoms with Crippen LogP contribution in [-0.4, -0.2) is 18.7 Å². The Morgan fingerprint density at radius 1 is 0.468 bits per heavy atom. The van der Waals surface area contributed by atoms with Crippen LogP contribution < -0.4 is 0 Å². The number of hydrogen-bond donors (Lipinski definition) is 0. The molecule has 0 amide bonds. The van der Waals surface area contributed by atoms with Gasteiger partial charge in [0.15, 0.2) is 5.65 Å². The van der Waals surface area contributed by atoms with Crippen molar-refractivity contribution in [3.05, 3.63) is 157 Å². The average molecular weight is 619 g/mol. The molecule has 0 saturated heterocycles. The second-order valence-electron chi connectivity index (χ2n) is 11.6. The largest absolute Gasteiger partial charge is 0.418 e. The van der Waals surface area contributed by atoms with Crippen LogP contribution in [0, 0.1) is 0 Å². The van der Waals surface area contributed by atoms with Crippen molar-refractivity contribution in [1.82, 2.24) is 18.7 Å². The Kier molecular flexibility index (Phi) is 5.93. The highest BCUT2D eigenvalue weighted by Gasteiger charge is 2.34. The number of nitrogens with zero attached hydrogens (tertiary/aromatic N) is 4. The normalized spacial score (nSPS) is 12.1. The molecule has 7 heteroatoms. The van der Waals surface area contributed by atoms with Gasteiger partial charge in [0, 0.05) is 33.1 Å². The van der Waals surface area contributed by atoms with E-state index in [1.54, 1.807) is 16.7 Å². The van der Waals surface area contributed by atoms with E-state index in [1.165, 1.54) is 6.07 Å². The highest BCUT2D eigenvalue weighted by Crippen LogP contribution is 2.43. The van der Waals surface area contributed by atoms with E-state index < -0.39 is 11.7 Å². The first kappa shape index (κ1) is 27.2. The number of halogens is 3. The molecule has 0 atom stereocenters. The molecule has 6 aromatic carbocycles. The standard InChI is InChI=1S/C40H25F3N4/c41-40(42,43)32-21-11-13-23-34(32)47-33-22-12-10-20-29(33)30-24-36-31(25-35(30)47)37-39(45(36)27-16-6-2-7-17-27)44-38(26-14-4-1-5-15-26)46(37)28-18-8-3-9-19-28/h1-25H. The SMILES string of the molecule is FC(F)(F)c1ccccc1-n1c2ccccc2c2cc3c(cc21)c1c(nc(-c2ccccc2)n1-c1ccccc1)n3-c1ccccc1. The van der Waals surface area contributed by atoms with E-state index in [2.05, 4.69) is 27.3 Å². The molecular formula is C40H25F3N4. The van der Waals surface area contributed by atoms with E-state index >= 15 is 0 Å². The van der Waals surface area contributed by atoms with Gasteiger partial charge in [-0.3, -0.25) is 9.13 Å². The maximum absolute atomic E-state index is 14.5. The summed E-state index contributed by atoms with van der Waals surface area (Å²) in [6.07, 6.45) is -4.53. The fraction of sp³-hybridized carbons (Fsp3) is 0.0250. The molecule has 0 unspecified atom stereocenters. The number of fused-ring (bicyclic) bond motifs is 6. The Morgan fingerprint density at radius 3 is 1.72 bits per heavy atom. The van der Waals surface area contributed by atoms with Crippen molar-refractivity contribution < 1.29 is 13.2 Å². The maximum Gasteiger partial charge on any atom is 0.418 e. The van der Waals surface area contributed by atoms with E-state index in [4.69, 9.17) is 4.98 Å². The number of hydrogen-bond acceptors (Lipinski definition) is 1. The number of alkyl halides is 3. The summed E-state index contributed by atoms with van der Waals surface area (Å²) in [4.78, 5) is 5.31. The van der Waals surface area contributed by atoms with Gasteiger partial charge in [-0.05, 0) is 54.6 Å². The van der Waals surface area contributed by atoms with E-state index in [1.807, 2.05) is 109 Å². The Labute approximate surface area is 267 Å². The lowest BCUT2D eigenvalue weighted by atomic mass is 10.1. The molecular weight excluding hydrogens is 593 g/mol. The van der Waals surface area contributed by atoms with Crippen LogP contribution in [-0.2, 0) is 6.18 Å². The van der Waals surface area contributed by atoms with Gasteiger partial charge < -0.3 is 4.57 Å². The van der Waals surface area contributed by atoms with Crippen LogP contribution >= 0.6 is 0 Å². The fourth-order valence-corrected chi connectivity index (χ4v) is 6.91. The Balaban J connectivity index is 1.50. The summed E-state index contributed by atoms with van der Waals surface area (Å²) in [5, 5.41) is 2.61. The zero-order valence-corrected chi connectivity index (χ0v) is 24.9. The zero-order chi connectivity index (χ0) is 31.7. The first-order valence-corrected chi connectivity index (χ1v) is 15.3. The minimum absolute atomic E-state index is 0.0887. The summed E-state index contributed by atoms with van der Waals surface area (Å²) >= 11 is 0. The predicted molar refractivity (Wildman–Crippen MR) is 183 cm³/mol. The number of benzene rings is 6. The van der Waals surface area contributed by atoms with Crippen molar-refractivity contribution in [2.24, 2.45) is 0 Å². The summed E-state index contributed by atoms with van der Waals surface area (Å²) in [6.45, 7) is 0. The average Bonchev–Trinajstić information content (AvgIpc) is 3.75. The van der Waals surface area contributed by atoms with Crippen molar-refractivity contribution in [3.63, 3.8) is 0 Å². The second-order valence-corrected chi connectivity index (χ2v) is 11.6. The Morgan fingerprint density at radius 2 is 1.02 bits per heavy atom. The summed E-state index contributed by atoms with van der Waals surface area (Å²) in [5.41, 5.74) is 6.16. The summed E-state index contributed by atoms with van der Waals surface area (Å²) in [5.74, 6) is 0.774. The topological polar surface area (TPSA) is 27.7 Å². The van der Waals surface area contributed by atoms with Crippen molar-refractivity contribution in [3.8, 4) is 28.5 Å². The monoisotopic (exact) mass is 618 g/mol. The third-order valence-electron chi connectivity index (χ3n) is 8.87. The lowest BCUT2D eigenvalue weighted by Gasteiger charge is -2.16. The molecule has 0 fully saturated rings. The zero-order valence-electron chi connectivity index (χ0n) is 24.9. The number of imidazole rings is 1. The molecule has 0 saturated carbocycles. The van der Waals surface area contributed by atoms with Gasteiger partial charge in [-0.1, -0.05) is 97.1 Å². The van der Waals surface area contributed by atoms with Crippen LogP contribution in [0.15, 0.2) is 152 Å². The fourth-order valence-electron chi connectivity index (χ4n) is 6.91. The Bertz CT molecular complexity index is 2590. The number of para-hydroxylation sites is 4. The molecule has 9 aromatic rings. The molecule has 4 nitrogen and oxygen atoms in total. The van der Waals surface area contributed by atoms with Gasteiger partial charge >= 0.3 is 6.18 Å². The molecule has 0 aliphatic heterocycles. The van der Waals surface area contributed by atoms with Gasteiger partial charge in [-0.25, -0.2) is 4.98 Å². The van der Waals surface area contributed by atoms with Crippen LogP contribution in [0.5, 0.6) is 0 Å². The molecule has 3 heterocycles. The predicted octanol–water partition coefficient (Wildman–Crippen LogP) is 10.8. The third kappa shape index (κ3) is 4.13. The maximum atomic E-state index is 14.5. The van der Waals surface area contributed by atoms with E-state index in [-0.39, 0.29) is 5.69 Å². The molecule has 0 radical (unpaired) electrons. The molecule has 0 spiro atoms. The van der Waals surface area contributed by atoms with Crippen molar-refractivity contribution in [2.75, 3.05) is 0 Å². The van der Waals surface area contributed by atoms with Crippen LogP contribution in [0.25, 0.3) is 72.3 Å². The molecule has 0 aliphatic rings. The van der Waals surface area contributed by atoms with Gasteiger partial charge in [0.1, 0.15) is 11.3 Å². The van der Waals surface area contributed by atoms with Crippen LogP contribution in [0.1, 0.15) is 5.56 Å². The van der Waals surface area contributed by atoms with Crippen molar-refractivity contribution >= 4 is 43.9 Å². The second kappa shape index (κ2) is 10.2. The molecule has 9 rings (SSSR count). The van der Waals surface area contributed by atoms with Gasteiger partial charge in [0.25, 0.3) is 0 Å². The molecule has 47 heavy (non-hydrogen) atoms. The van der Waals surface area contributed by atoms with Gasteiger partial charge in [-0.2, -0.15) is 13.2 Å².